The molecule has 0 aromatic carbocycles. The van der Waals surface area contributed by atoms with Gasteiger partial charge in [0.1, 0.15) is 0 Å². The lowest BCUT2D eigenvalue weighted by atomic mass is 10.3. The average Bonchev–Trinajstić information content (AvgIpc) is 2.53. The monoisotopic (exact) mass is 486 g/mol. The molecule has 0 spiro atoms. The predicted molar refractivity (Wildman–Crippen MR) is 122 cm³/mol. The van der Waals surface area contributed by atoms with Crippen molar-refractivity contribution in [3.05, 3.63) is 0 Å². The predicted octanol–water partition coefficient (Wildman–Crippen LogP) is 1.90. The molecule has 0 aromatic rings. The summed E-state index contributed by atoms with van der Waals surface area (Å²) in [7, 11) is 0. The highest BCUT2D eigenvalue weighted by Gasteiger charge is 2.08. The molecule has 2 aliphatic heterocycles. The molecule has 2 aliphatic rings. The number of nitrogens with one attached hydrogen (secondary N) is 2. The number of alkyl halides is 2. The van der Waals surface area contributed by atoms with Crippen LogP contribution in [0.2, 0.25) is 0 Å². The fourth-order valence-electron chi connectivity index (χ4n) is 2.44. The zero-order chi connectivity index (χ0) is 14.5. The molecule has 0 bridgehead atoms. The maximum absolute atomic E-state index is 5.58. The van der Waals surface area contributed by atoms with E-state index in [2.05, 4.69) is 20.4 Å². The lowest BCUT2D eigenvalue weighted by Crippen LogP contribution is -2.43. The van der Waals surface area contributed by atoms with E-state index in [1.165, 1.54) is 39.3 Å². The molecular formula is C14H36Cl6N4O. The molecule has 0 unspecified atom stereocenters. The second-order valence-corrected chi connectivity index (χ2v) is 6.02. The Morgan fingerprint density at radius 2 is 0.880 bits per heavy atom. The van der Waals surface area contributed by atoms with Crippen LogP contribution in [0.15, 0.2) is 0 Å². The van der Waals surface area contributed by atoms with Gasteiger partial charge in [0.25, 0.3) is 0 Å². The quantitative estimate of drug-likeness (QED) is 0.560. The first-order valence-corrected chi connectivity index (χ1v) is 8.92. The highest BCUT2D eigenvalue weighted by molar-refractivity contribution is 6.18. The number of hydrogen-bond donors (Lipinski definition) is 2. The van der Waals surface area contributed by atoms with E-state index in [4.69, 9.17) is 23.2 Å². The van der Waals surface area contributed by atoms with E-state index >= 15 is 0 Å². The maximum Gasteiger partial charge on any atom is 0.0235 e. The van der Waals surface area contributed by atoms with Crippen LogP contribution in [-0.2, 0) is 0 Å². The van der Waals surface area contributed by atoms with Crippen LogP contribution < -0.4 is 10.6 Å². The minimum Gasteiger partial charge on any atom is -0.412 e. The van der Waals surface area contributed by atoms with E-state index in [1.54, 1.807) is 0 Å². The van der Waals surface area contributed by atoms with E-state index in [9.17, 15) is 0 Å². The van der Waals surface area contributed by atoms with Gasteiger partial charge in [0, 0.05) is 64.1 Å². The van der Waals surface area contributed by atoms with Crippen LogP contribution in [0.1, 0.15) is 12.8 Å². The van der Waals surface area contributed by atoms with Gasteiger partial charge in [-0.2, -0.15) is 0 Å². The Hall–Kier alpha value is 1.54. The lowest BCUT2D eigenvalue weighted by molar-refractivity contribution is 0.242. The Balaban J connectivity index is -0.0000000889. The minimum atomic E-state index is 0. The molecule has 160 valence electrons. The molecule has 2 heterocycles. The van der Waals surface area contributed by atoms with E-state index in [1.807, 2.05) is 0 Å². The molecule has 25 heavy (non-hydrogen) atoms. The molecule has 2 fully saturated rings. The Morgan fingerprint density at radius 1 is 0.600 bits per heavy atom. The van der Waals surface area contributed by atoms with Gasteiger partial charge in [-0.1, -0.05) is 0 Å². The molecule has 2 rings (SSSR count). The molecule has 0 aromatic heterocycles. The molecule has 11 heteroatoms. The molecule has 0 radical (unpaired) electrons. The number of nitrogens with zero attached hydrogens (tertiary/aromatic N) is 2. The van der Waals surface area contributed by atoms with Crippen LogP contribution in [0.3, 0.4) is 0 Å². The Morgan fingerprint density at radius 3 is 1.12 bits per heavy atom. The summed E-state index contributed by atoms with van der Waals surface area (Å²) < 4.78 is 0. The topological polar surface area (TPSA) is 62.0 Å². The average molecular weight is 489 g/mol. The van der Waals surface area contributed by atoms with Gasteiger partial charge < -0.3 is 25.9 Å². The summed E-state index contributed by atoms with van der Waals surface area (Å²) >= 11 is 11.2. The molecular weight excluding hydrogens is 453 g/mol. The summed E-state index contributed by atoms with van der Waals surface area (Å²) in [6.45, 7) is 11.7. The SMILES string of the molecule is Cl.Cl.Cl.Cl.ClCCCN1CCNCC1.ClCCCN1CCNCC1.O. The summed E-state index contributed by atoms with van der Waals surface area (Å²) in [6, 6.07) is 0. The van der Waals surface area contributed by atoms with Gasteiger partial charge in [-0.25, -0.2) is 0 Å². The van der Waals surface area contributed by atoms with E-state index in [0.29, 0.717) is 0 Å². The number of rotatable bonds is 6. The van der Waals surface area contributed by atoms with E-state index in [-0.39, 0.29) is 55.1 Å². The highest BCUT2D eigenvalue weighted by Crippen LogP contribution is 1.95. The van der Waals surface area contributed by atoms with Crippen molar-refractivity contribution >= 4 is 72.8 Å². The molecule has 0 aliphatic carbocycles. The van der Waals surface area contributed by atoms with Crippen molar-refractivity contribution in [2.24, 2.45) is 0 Å². The van der Waals surface area contributed by atoms with Crippen molar-refractivity contribution in [2.75, 3.05) is 77.2 Å². The van der Waals surface area contributed by atoms with Crippen LogP contribution >= 0.6 is 72.8 Å². The van der Waals surface area contributed by atoms with Gasteiger partial charge in [0.05, 0.1) is 0 Å². The third-order valence-corrected chi connectivity index (χ3v) is 4.17. The van der Waals surface area contributed by atoms with E-state index in [0.717, 1.165) is 50.8 Å². The highest BCUT2D eigenvalue weighted by atomic mass is 35.5. The van der Waals surface area contributed by atoms with E-state index < -0.39 is 0 Å². The summed E-state index contributed by atoms with van der Waals surface area (Å²) in [5.74, 6) is 1.59. The normalized spacial score (nSPS) is 17.0. The van der Waals surface area contributed by atoms with Gasteiger partial charge in [-0.3, -0.25) is 0 Å². The van der Waals surface area contributed by atoms with Crippen molar-refractivity contribution < 1.29 is 5.48 Å². The number of halogens is 6. The standard InChI is InChI=1S/2C7H15ClN2.4ClH.H2O/c2*8-2-1-5-10-6-3-9-4-7-10;;;;;/h2*9H,1-7H2;4*1H;1H2. The second-order valence-electron chi connectivity index (χ2n) is 5.27. The van der Waals surface area contributed by atoms with Crippen molar-refractivity contribution in [2.45, 2.75) is 12.8 Å². The summed E-state index contributed by atoms with van der Waals surface area (Å²) in [5, 5.41) is 6.63. The first-order chi connectivity index (χ1) is 9.86. The molecule has 5 nitrogen and oxygen atoms in total. The Bertz CT molecular complexity index is 201. The largest absolute Gasteiger partial charge is 0.412 e. The summed E-state index contributed by atoms with van der Waals surface area (Å²) in [5.41, 5.74) is 0. The summed E-state index contributed by atoms with van der Waals surface area (Å²) in [6.07, 6.45) is 2.25. The zero-order valence-corrected chi connectivity index (χ0v) is 19.5. The van der Waals surface area contributed by atoms with Gasteiger partial charge in [-0.15, -0.1) is 72.8 Å². The third-order valence-electron chi connectivity index (χ3n) is 3.64. The van der Waals surface area contributed by atoms with Crippen molar-refractivity contribution in [1.29, 1.82) is 0 Å². The van der Waals surface area contributed by atoms with Crippen LogP contribution in [0.4, 0.5) is 0 Å². The Kier molecular flexibility index (Phi) is 41.4. The van der Waals surface area contributed by atoms with Gasteiger partial charge >= 0.3 is 0 Å². The third kappa shape index (κ3) is 21.7. The van der Waals surface area contributed by atoms with Crippen LogP contribution in [0, 0.1) is 0 Å². The molecule has 0 amide bonds. The van der Waals surface area contributed by atoms with Crippen molar-refractivity contribution in [1.82, 2.24) is 20.4 Å². The number of piperazine rings is 2. The minimum absolute atomic E-state index is 0. The first kappa shape index (κ1) is 37.3. The molecule has 0 saturated carbocycles. The van der Waals surface area contributed by atoms with Crippen LogP contribution in [0.5, 0.6) is 0 Å². The first-order valence-electron chi connectivity index (χ1n) is 7.85. The van der Waals surface area contributed by atoms with Gasteiger partial charge in [0.15, 0.2) is 0 Å². The second kappa shape index (κ2) is 27.8. The summed E-state index contributed by atoms with van der Waals surface area (Å²) in [4.78, 5) is 4.91. The molecule has 0 atom stereocenters. The number of hydrogen-bond acceptors (Lipinski definition) is 4. The van der Waals surface area contributed by atoms with Crippen molar-refractivity contribution in [3.63, 3.8) is 0 Å². The Labute approximate surface area is 188 Å². The molecule has 2 saturated heterocycles. The smallest absolute Gasteiger partial charge is 0.0235 e. The van der Waals surface area contributed by atoms with Gasteiger partial charge in [0.2, 0.25) is 0 Å². The van der Waals surface area contributed by atoms with Crippen molar-refractivity contribution in [3.8, 4) is 0 Å². The fraction of sp³-hybridized carbons (Fsp3) is 1.00. The zero-order valence-electron chi connectivity index (χ0n) is 14.7. The van der Waals surface area contributed by atoms with Gasteiger partial charge in [-0.05, 0) is 25.9 Å². The fourth-order valence-corrected chi connectivity index (χ4v) is 2.68. The van der Waals surface area contributed by atoms with Crippen LogP contribution in [0.25, 0.3) is 0 Å². The lowest BCUT2D eigenvalue weighted by Gasteiger charge is -2.26. The van der Waals surface area contributed by atoms with Crippen LogP contribution in [-0.4, -0.2) is 92.5 Å². The molecule has 4 N–H and O–H groups in total. The maximum atomic E-state index is 5.58.